The molecule has 24 heavy (non-hydrogen) atoms. The number of rotatable bonds is 6. The largest absolute Gasteiger partial charge is 0.491 e. The number of hydrogen-bond donors (Lipinski definition) is 2. The molecule has 4 nitrogen and oxygen atoms in total. The van der Waals surface area contributed by atoms with Crippen molar-refractivity contribution in [3.8, 4) is 5.75 Å². The molecule has 0 radical (unpaired) electrons. The minimum Gasteiger partial charge on any atom is -0.491 e. The highest BCUT2D eigenvalue weighted by molar-refractivity contribution is 5.93. The Kier molecular flexibility index (Phi) is 5.68. The van der Waals surface area contributed by atoms with E-state index in [4.69, 9.17) is 4.74 Å². The van der Waals surface area contributed by atoms with E-state index in [0.29, 0.717) is 11.4 Å². The van der Waals surface area contributed by atoms with Crippen molar-refractivity contribution in [2.45, 2.75) is 20.0 Å². The fraction of sp³-hybridized carbons (Fsp3) is 0.235. The van der Waals surface area contributed by atoms with Crippen molar-refractivity contribution in [3.05, 3.63) is 53.8 Å². The van der Waals surface area contributed by atoms with Crippen molar-refractivity contribution in [2.75, 3.05) is 17.2 Å². The Bertz CT molecular complexity index is 719. The van der Waals surface area contributed by atoms with Crippen molar-refractivity contribution >= 4 is 17.3 Å². The van der Waals surface area contributed by atoms with Crippen LogP contribution < -0.4 is 15.4 Å². The summed E-state index contributed by atoms with van der Waals surface area (Å²) in [7, 11) is 0. The highest BCUT2D eigenvalue weighted by Gasteiger charge is 2.15. The summed E-state index contributed by atoms with van der Waals surface area (Å²) in [5.74, 6) is -4.27. The second kappa shape index (κ2) is 7.72. The topological polar surface area (TPSA) is 50.4 Å². The molecule has 0 bridgehead atoms. The monoisotopic (exact) mass is 338 g/mol. The summed E-state index contributed by atoms with van der Waals surface area (Å²) < 4.78 is 44.9. The van der Waals surface area contributed by atoms with Gasteiger partial charge in [0.2, 0.25) is 5.91 Å². The van der Waals surface area contributed by atoms with Crippen molar-refractivity contribution in [2.24, 2.45) is 0 Å². The van der Waals surface area contributed by atoms with Crippen LogP contribution in [0, 0.1) is 17.5 Å². The summed E-state index contributed by atoms with van der Waals surface area (Å²) >= 11 is 0. The lowest BCUT2D eigenvalue weighted by atomic mass is 10.2. The fourth-order valence-corrected chi connectivity index (χ4v) is 1.92. The molecule has 0 spiro atoms. The maximum absolute atomic E-state index is 13.5. The van der Waals surface area contributed by atoms with Crippen LogP contribution in [0.1, 0.15) is 13.8 Å². The first kappa shape index (κ1) is 17.7. The van der Waals surface area contributed by atoms with Crippen LogP contribution in [0.5, 0.6) is 5.75 Å². The molecule has 1 amide bonds. The van der Waals surface area contributed by atoms with Crippen LogP contribution in [0.25, 0.3) is 0 Å². The normalized spacial score (nSPS) is 10.6. The van der Waals surface area contributed by atoms with Gasteiger partial charge < -0.3 is 15.4 Å². The Morgan fingerprint density at radius 3 is 2.33 bits per heavy atom. The zero-order valence-electron chi connectivity index (χ0n) is 13.2. The molecule has 128 valence electrons. The molecule has 0 aliphatic heterocycles. The van der Waals surface area contributed by atoms with E-state index in [1.54, 1.807) is 24.3 Å². The summed E-state index contributed by atoms with van der Waals surface area (Å²) in [6.07, 6.45) is 0.0561. The van der Waals surface area contributed by atoms with E-state index in [1.807, 2.05) is 13.8 Å². The van der Waals surface area contributed by atoms with E-state index in [1.165, 1.54) is 0 Å². The molecule has 2 rings (SSSR count). The van der Waals surface area contributed by atoms with Gasteiger partial charge in [-0.3, -0.25) is 4.79 Å². The van der Waals surface area contributed by atoms with Crippen LogP contribution in [-0.4, -0.2) is 18.6 Å². The number of benzene rings is 2. The van der Waals surface area contributed by atoms with Gasteiger partial charge in [0, 0.05) is 5.69 Å². The lowest BCUT2D eigenvalue weighted by Crippen LogP contribution is -2.22. The number of nitrogens with one attached hydrogen (secondary N) is 2. The third-order valence-corrected chi connectivity index (χ3v) is 2.99. The van der Waals surface area contributed by atoms with Crippen molar-refractivity contribution in [1.29, 1.82) is 0 Å². The van der Waals surface area contributed by atoms with Crippen LogP contribution in [-0.2, 0) is 4.79 Å². The van der Waals surface area contributed by atoms with E-state index in [0.717, 1.165) is 12.1 Å². The first-order valence-electron chi connectivity index (χ1n) is 7.30. The Hall–Kier alpha value is -2.70. The average molecular weight is 338 g/mol. The Morgan fingerprint density at radius 1 is 1.04 bits per heavy atom. The van der Waals surface area contributed by atoms with Gasteiger partial charge in [-0.2, -0.15) is 0 Å². The molecule has 0 fully saturated rings. The van der Waals surface area contributed by atoms with Crippen LogP contribution >= 0.6 is 0 Å². The molecule has 7 heteroatoms. The third kappa shape index (κ3) is 4.65. The summed E-state index contributed by atoms with van der Waals surface area (Å²) in [4.78, 5) is 11.8. The molecule has 0 unspecified atom stereocenters. The predicted molar refractivity (Wildman–Crippen MR) is 85.6 cm³/mol. The first-order valence-corrected chi connectivity index (χ1v) is 7.30. The molecule has 0 heterocycles. The van der Waals surface area contributed by atoms with Crippen LogP contribution in [0.3, 0.4) is 0 Å². The number of amides is 1. The van der Waals surface area contributed by atoms with Crippen molar-refractivity contribution in [1.82, 2.24) is 0 Å². The summed E-state index contributed by atoms with van der Waals surface area (Å²) in [5.41, 5.74) is 0.244. The molecular weight excluding hydrogens is 321 g/mol. The van der Waals surface area contributed by atoms with Gasteiger partial charge in [0.05, 0.1) is 18.3 Å². The van der Waals surface area contributed by atoms with E-state index in [-0.39, 0.29) is 12.6 Å². The summed E-state index contributed by atoms with van der Waals surface area (Å²) in [5, 5.41) is 5.01. The van der Waals surface area contributed by atoms with Gasteiger partial charge in [0.15, 0.2) is 17.5 Å². The van der Waals surface area contributed by atoms with Gasteiger partial charge in [0.1, 0.15) is 5.75 Å². The molecule has 0 aliphatic rings. The fourth-order valence-electron chi connectivity index (χ4n) is 1.92. The standard InChI is InChI=1S/C17H17F3N2O2/c1-10(2)24-12-5-3-11(4-6-12)21-9-15(23)22-14-8-7-13(18)16(19)17(14)20/h3-8,10,21H,9H2,1-2H3,(H,22,23). The summed E-state index contributed by atoms with van der Waals surface area (Å²) in [6.45, 7) is 3.66. The molecule has 2 aromatic carbocycles. The molecule has 0 aliphatic carbocycles. The Morgan fingerprint density at radius 2 is 1.71 bits per heavy atom. The predicted octanol–water partition coefficient (Wildman–Crippen LogP) is 3.94. The number of ether oxygens (including phenoxy) is 1. The first-order chi connectivity index (χ1) is 11.4. The van der Waals surface area contributed by atoms with Gasteiger partial charge in [-0.15, -0.1) is 0 Å². The molecule has 2 N–H and O–H groups in total. The number of halogens is 3. The second-order valence-electron chi connectivity index (χ2n) is 5.32. The van der Waals surface area contributed by atoms with Gasteiger partial charge in [0.25, 0.3) is 0 Å². The minimum atomic E-state index is -1.62. The second-order valence-corrected chi connectivity index (χ2v) is 5.32. The van der Waals surface area contributed by atoms with Crippen molar-refractivity contribution < 1.29 is 22.7 Å². The Balaban J connectivity index is 1.90. The van der Waals surface area contributed by atoms with Gasteiger partial charge in [-0.25, -0.2) is 13.2 Å². The van der Waals surface area contributed by atoms with Crippen LogP contribution in [0.4, 0.5) is 24.5 Å². The number of carbonyl (C=O) groups is 1. The van der Waals surface area contributed by atoms with E-state index < -0.39 is 29.0 Å². The summed E-state index contributed by atoms with van der Waals surface area (Å²) in [6, 6.07) is 8.65. The highest BCUT2D eigenvalue weighted by Crippen LogP contribution is 2.20. The number of carbonyl (C=O) groups excluding carboxylic acids is 1. The van der Waals surface area contributed by atoms with E-state index in [2.05, 4.69) is 10.6 Å². The van der Waals surface area contributed by atoms with Crippen LogP contribution in [0.2, 0.25) is 0 Å². The molecule has 0 saturated carbocycles. The van der Waals surface area contributed by atoms with E-state index in [9.17, 15) is 18.0 Å². The SMILES string of the molecule is CC(C)Oc1ccc(NCC(=O)Nc2ccc(F)c(F)c2F)cc1. The highest BCUT2D eigenvalue weighted by atomic mass is 19.2. The molecule has 0 saturated heterocycles. The van der Waals surface area contributed by atoms with Crippen molar-refractivity contribution in [3.63, 3.8) is 0 Å². The van der Waals surface area contributed by atoms with Gasteiger partial charge in [-0.05, 0) is 50.2 Å². The maximum atomic E-state index is 13.5. The van der Waals surface area contributed by atoms with Gasteiger partial charge >= 0.3 is 0 Å². The average Bonchev–Trinajstić information content (AvgIpc) is 2.54. The zero-order valence-corrected chi connectivity index (χ0v) is 13.2. The van der Waals surface area contributed by atoms with E-state index >= 15 is 0 Å². The third-order valence-electron chi connectivity index (χ3n) is 2.99. The molecule has 0 aromatic heterocycles. The number of hydrogen-bond acceptors (Lipinski definition) is 3. The zero-order chi connectivity index (χ0) is 17.7. The quantitative estimate of drug-likeness (QED) is 0.785. The lowest BCUT2D eigenvalue weighted by molar-refractivity contribution is -0.114. The smallest absolute Gasteiger partial charge is 0.243 e. The minimum absolute atomic E-state index is 0.0561. The molecule has 0 atom stereocenters. The maximum Gasteiger partial charge on any atom is 0.243 e. The molecule has 2 aromatic rings. The molecular formula is C17H17F3N2O2. The van der Waals surface area contributed by atoms with Gasteiger partial charge in [-0.1, -0.05) is 0 Å². The Labute approximate surface area is 137 Å². The lowest BCUT2D eigenvalue weighted by Gasteiger charge is -2.11. The van der Waals surface area contributed by atoms with Crippen LogP contribution in [0.15, 0.2) is 36.4 Å². The number of anilines is 2.